The number of nitrogens with one attached hydrogen (secondary N) is 1. The zero-order valence-corrected chi connectivity index (χ0v) is 23.9. The molecular formula is C28H35Cl2N3O4S. The number of aliphatic hydroxyl groups excluding tert-OH is 1. The highest BCUT2D eigenvalue weighted by molar-refractivity contribution is 7.92. The lowest BCUT2D eigenvalue weighted by atomic mass is 9.85. The summed E-state index contributed by atoms with van der Waals surface area (Å²) < 4.78 is 25.4. The first kappa shape index (κ1) is 28.9. The molecule has 38 heavy (non-hydrogen) atoms. The van der Waals surface area contributed by atoms with Gasteiger partial charge >= 0.3 is 0 Å². The largest absolute Gasteiger partial charge is 0.395 e. The van der Waals surface area contributed by atoms with Crippen LogP contribution in [0.15, 0.2) is 48.5 Å². The Balaban J connectivity index is 1.26. The average Bonchev–Trinajstić information content (AvgIpc) is 2.90. The number of aliphatic hydroxyl groups is 1. The third kappa shape index (κ3) is 7.73. The number of halogens is 2. The second-order valence-electron chi connectivity index (χ2n) is 10.2. The maximum absolute atomic E-state index is 12.7. The lowest BCUT2D eigenvalue weighted by molar-refractivity contribution is -0.127. The number of likely N-dealkylation sites (tertiary alicyclic amines) is 2. The molecule has 1 unspecified atom stereocenters. The van der Waals surface area contributed by atoms with Gasteiger partial charge in [-0.15, -0.1) is 0 Å². The summed E-state index contributed by atoms with van der Waals surface area (Å²) in [5, 5.41) is 11.2. The zero-order chi connectivity index (χ0) is 27.3. The van der Waals surface area contributed by atoms with Gasteiger partial charge in [-0.1, -0.05) is 41.4 Å². The summed E-state index contributed by atoms with van der Waals surface area (Å²) in [6.07, 6.45) is 8.20. The molecule has 2 aromatic rings. The van der Waals surface area contributed by atoms with Gasteiger partial charge in [-0.3, -0.25) is 14.4 Å². The third-order valence-corrected chi connectivity index (χ3v) is 8.97. The van der Waals surface area contributed by atoms with Gasteiger partial charge in [0.25, 0.3) is 0 Å². The number of benzene rings is 2. The minimum atomic E-state index is -3.28. The first-order valence-corrected chi connectivity index (χ1v) is 15.6. The van der Waals surface area contributed by atoms with Crippen molar-refractivity contribution in [2.24, 2.45) is 5.92 Å². The molecule has 206 valence electrons. The van der Waals surface area contributed by atoms with Gasteiger partial charge in [-0.25, -0.2) is 8.42 Å². The number of rotatable bonds is 8. The Hall–Kier alpha value is -2.10. The molecule has 1 amide bonds. The van der Waals surface area contributed by atoms with E-state index in [1.165, 1.54) is 5.56 Å². The maximum atomic E-state index is 12.7. The molecule has 0 aromatic heterocycles. The first-order chi connectivity index (χ1) is 18.1. The van der Waals surface area contributed by atoms with Crippen LogP contribution in [0, 0.1) is 5.92 Å². The first-order valence-electron chi connectivity index (χ1n) is 13.0. The highest BCUT2D eigenvalue weighted by Gasteiger charge is 2.33. The number of nitrogens with zero attached hydrogens (tertiary/aromatic N) is 2. The Bertz CT molecular complexity index is 1240. The number of amides is 1. The van der Waals surface area contributed by atoms with Crippen molar-refractivity contribution in [2.75, 3.05) is 43.8 Å². The van der Waals surface area contributed by atoms with Crippen LogP contribution in [0.2, 0.25) is 10.0 Å². The molecule has 0 aliphatic carbocycles. The van der Waals surface area contributed by atoms with Crippen molar-refractivity contribution in [3.63, 3.8) is 0 Å². The monoisotopic (exact) mass is 579 g/mol. The highest BCUT2D eigenvalue weighted by Crippen LogP contribution is 2.33. The minimum absolute atomic E-state index is 0.0198. The van der Waals surface area contributed by atoms with Gasteiger partial charge in [0.15, 0.2) is 0 Å². The van der Waals surface area contributed by atoms with Gasteiger partial charge in [0.2, 0.25) is 15.9 Å². The number of piperidine rings is 2. The lowest BCUT2D eigenvalue weighted by Gasteiger charge is -2.43. The van der Waals surface area contributed by atoms with E-state index in [1.807, 2.05) is 35.2 Å². The summed E-state index contributed by atoms with van der Waals surface area (Å²) >= 11 is 12.0. The van der Waals surface area contributed by atoms with Crippen molar-refractivity contribution in [3.8, 4) is 0 Å². The van der Waals surface area contributed by atoms with E-state index < -0.39 is 10.0 Å². The predicted molar refractivity (Wildman–Crippen MR) is 154 cm³/mol. The van der Waals surface area contributed by atoms with Crippen LogP contribution in [0.1, 0.15) is 42.7 Å². The van der Waals surface area contributed by atoms with Crippen LogP contribution in [-0.4, -0.2) is 74.3 Å². The Kier molecular flexibility index (Phi) is 9.76. The number of anilines is 1. The summed E-state index contributed by atoms with van der Waals surface area (Å²) in [5.41, 5.74) is 2.61. The standard InChI is InChI=1S/C28H35Cl2N3O4S/c1-38(36,37)31-24-6-4-21(5-7-24)22-10-14-32(15-11-22)27(19-34)23-12-16-33(17-13-23)28(35)9-3-20-2-8-25(29)26(30)18-20/h2-9,18,22-23,27,31,34H,10-17,19H2,1H3. The summed E-state index contributed by atoms with van der Waals surface area (Å²) in [4.78, 5) is 17.0. The van der Waals surface area contributed by atoms with Gasteiger partial charge in [-0.05, 0) is 92.1 Å². The Morgan fingerprint density at radius 2 is 1.68 bits per heavy atom. The fourth-order valence-electron chi connectivity index (χ4n) is 5.56. The van der Waals surface area contributed by atoms with Gasteiger partial charge in [0.1, 0.15) is 0 Å². The summed E-state index contributed by atoms with van der Waals surface area (Å²) in [6.45, 7) is 3.29. The van der Waals surface area contributed by atoms with E-state index in [1.54, 1.807) is 24.3 Å². The summed E-state index contributed by atoms with van der Waals surface area (Å²) in [7, 11) is -3.28. The van der Waals surface area contributed by atoms with E-state index in [2.05, 4.69) is 9.62 Å². The molecule has 2 heterocycles. The van der Waals surface area contributed by atoms with Crippen molar-refractivity contribution >= 4 is 50.9 Å². The number of hydrogen-bond acceptors (Lipinski definition) is 5. The molecule has 4 rings (SSSR count). The molecule has 2 aliphatic rings. The van der Waals surface area contributed by atoms with Gasteiger partial charge in [-0.2, -0.15) is 0 Å². The summed E-state index contributed by atoms with van der Waals surface area (Å²) in [5.74, 6) is 0.745. The van der Waals surface area contributed by atoms with Gasteiger partial charge in [0.05, 0.1) is 22.9 Å². The number of sulfonamides is 1. The lowest BCUT2D eigenvalue weighted by Crippen LogP contribution is -2.50. The fourth-order valence-corrected chi connectivity index (χ4v) is 6.43. The number of carbonyl (C=O) groups excluding carboxylic acids is 1. The number of carbonyl (C=O) groups is 1. The molecule has 2 fully saturated rings. The molecule has 7 nitrogen and oxygen atoms in total. The second-order valence-corrected chi connectivity index (χ2v) is 12.8. The molecule has 2 aromatic carbocycles. The number of hydrogen-bond donors (Lipinski definition) is 2. The van der Waals surface area contributed by atoms with Crippen molar-refractivity contribution < 1.29 is 18.3 Å². The average molecular weight is 581 g/mol. The molecule has 1 atom stereocenters. The van der Waals surface area contributed by atoms with Gasteiger partial charge < -0.3 is 10.0 Å². The normalized spacial score (nSPS) is 19.1. The SMILES string of the molecule is CS(=O)(=O)Nc1ccc(C2CCN(C(CO)C3CCN(C(=O)C=Cc4ccc(Cl)c(Cl)c4)CC3)CC2)cc1. The van der Waals surface area contributed by atoms with Crippen LogP contribution >= 0.6 is 23.2 Å². The molecule has 0 bridgehead atoms. The van der Waals surface area contributed by atoms with E-state index in [9.17, 15) is 18.3 Å². The summed E-state index contributed by atoms with van der Waals surface area (Å²) in [6, 6.07) is 13.0. The quantitative estimate of drug-likeness (QED) is 0.436. The van der Waals surface area contributed by atoms with Crippen molar-refractivity contribution in [1.82, 2.24) is 9.80 Å². The van der Waals surface area contributed by atoms with Crippen LogP contribution in [0.3, 0.4) is 0 Å². The fraction of sp³-hybridized carbons (Fsp3) is 0.464. The Morgan fingerprint density at radius 3 is 2.26 bits per heavy atom. The highest BCUT2D eigenvalue weighted by atomic mass is 35.5. The topological polar surface area (TPSA) is 89.9 Å². The van der Waals surface area contributed by atoms with Crippen LogP contribution in [0.25, 0.3) is 6.08 Å². The molecule has 2 aliphatic heterocycles. The van der Waals surface area contributed by atoms with Crippen LogP contribution in [0.5, 0.6) is 0 Å². The molecule has 10 heteroatoms. The second kappa shape index (κ2) is 12.8. The van der Waals surface area contributed by atoms with E-state index in [0.717, 1.165) is 50.6 Å². The minimum Gasteiger partial charge on any atom is -0.395 e. The van der Waals surface area contributed by atoms with E-state index in [-0.39, 0.29) is 18.6 Å². The maximum Gasteiger partial charge on any atom is 0.246 e. The molecule has 2 saturated heterocycles. The van der Waals surface area contributed by atoms with Gasteiger partial charge in [0, 0.05) is 30.9 Å². The van der Waals surface area contributed by atoms with Crippen LogP contribution in [-0.2, 0) is 14.8 Å². The van der Waals surface area contributed by atoms with E-state index in [4.69, 9.17) is 23.2 Å². The van der Waals surface area contributed by atoms with Crippen LogP contribution in [0.4, 0.5) is 5.69 Å². The Labute approximate surface area is 235 Å². The molecule has 0 spiro atoms. The molecule has 0 saturated carbocycles. The van der Waals surface area contributed by atoms with E-state index in [0.29, 0.717) is 40.7 Å². The predicted octanol–water partition coefficient (Wildman–Crippen LogP) is 4.86. The molecular weight excluding hydrogens is 545 g/mol. The molecule has 0 radical (unpaired) electrons. The van der Waals surface area contributed by atoms with Crippen molar-refractivity contribution in [1.29, 1.82) is 0 Å². The zero-order valence-electron chi connectivity index (χ0n) is 21.5. The van der Waals surface area contributed by atoms with Crippen molar-refractivity contribution in [2.45, 2.75) is 37.6 Å². The van der Waals surface area contributed by atoms with Crippen LogP contribution < -0.4 is 4.72 Å². The third-order valence-electron chi connectivity index (χ3n) is 7.63. The molecule has 2 N–H and O–H groups in total. The van der Waals surface area contributed by atoms with Crippen molar-refractivity contribution in [3.05, 3.63) is 69.7 Å². The Morgan fingerprint density at radius 1 is 1.03 bits per heavy atom. The van der Waals surface area contributed by atoms with E-state index >= 15 is 0 Å². The smallest absolute Gasteiger partial charge is 0.246 e.